The highest BCUT2D eigenvalue weighted by Crippen LogP contribution is 2.16. The van der Waals surface area contributed by atoms with Gasteiger partial charge >= 0.3 is 0 Å². The molecule has 1 aromatic heterocycles. The summed E-state index contributed by atoms with van der Waals surface area (Å²) in [5.41, 5.74) is 1.11. The molecule has 2 rings (SSSR count). The van der Waals surface area contributed by atoms with Crippen LogP contribution in [0.25, 0.3) is 0 Å². The first-order chi connectivity index (χ1) is 9.65. The summed E-state index contributed by atoms with van der Waals surface area (Å²) in [7, 11) is 1.85. The van der Waals surface area contributed by atoms with Crippen LogP contribution in [0.15, 0.2) is 42.6 Å². The molecule has 0 aliphatic rings. The van der Waals surface area contributed by atoms with Crippen LogP contribution in [0.3, 0.4) is 0 Å². The Labute approximate surface area is 119 Å². The van der Waals surface area contributed by atoms with Crippen LogP contribution in [0.1, 0.15) is 18.6 Å². The topological polar surface area (TPSA) is 59.3 Å². The third kappa shape index (κ3) is 4.36. The maximum Gasteiger partial charge on any atom is 0.148 e. The van der Waals surface area contributed by atoms with Crippen molar-refractivity contribution in [3.05, 3.63) is 48.2 Å². The molecule has 1 aromatic carbocycles. The van der Waals surface area contributed by atoms with Gasteiger partial charge in [-0.2, -0.15) is 5.10 Å². The standard InChI is InChI=1S/C15H21N3O2/c1-12(13-6-4-3-5-7-13)20-11-14(19)10-16-15-8-9-18(2)17-15/h3-9,12,14,19H,10-11H2,1-2H3,(H,16,17). The molecule has 0 spiro atoms. The number of anilines is 1. The van der Waals surface area contributed by atoms with Crippen LogP contribution in [0.4, 0.5) is 5.82 Å². The fourth-order valence-corrected chi connectivity index (χ4v) is 1.87. The van der Waals surface area contributed by atoms with E-state index in [0.717, 1.165) is 11.4 Å². The second-order valence-electron chi connectivity index (χ2n) is 4.80. The van der Waals surface area contributed by atoms with Gasteiger partial charge in [-0.05, 0) is 12.5 Å². The Morgan fingerprint density at radius 1 is 1.30 bits per heavy atom. The molecule has 0 fully saturated rings. The molecule has 1 heterocycles. The van der Waals surface area contributed by atoms with Crippen molar-refractivity contribution in [1.82, 2.24) is 9.78 Å². The van der Waals surface area contributed by atoms with Crippen molar-refractivity contribution >= 4 is 5.82 Å². The number of rotatable bonds is 7. The smallest absolute Gasteiger partial charge is 0.148 e. The molecular formula is C15H21N3O2. The van der Waals surface area contributed by atoms with Crippen LogP contribution < -0.4 is 5.32 Å². The lowest BCUT2D eigenvalue weighted by atomic mass is 10.1. The number of hydrogen-bond donors (Lipinski definition) is 2. The zero-order valence-electron chi connectivity index (χ0n) is 11.9. The van der Waals surface area contributed by atoms with Gasteiger partial charge in [0.1, 0.15) is 5.82 Å². The van der Waals surface area contributed by atoms with Gasteiger partial charge in [-0.1, -0.05) is 30.3 Å². The molecule has 2 unspecified atom stereocenters. The van der Waals surface area contributed by atoms with Crippen molar-refractivity contribution in [2.24, 2.45) is 7.05 Å². The quantitative estimate of drug-likeness (QED) is 0.811. The van der Waals surface area contributed by atoms with Gasteiger partial charge in [-0.15, -0.1) is 0 Å². The van der Waals surface area contributed by atoms with Crippen LogP contribution in [0.5, 0.6) is 0 Å². The molecular weight excluding hydrogens is 254 g/mol. The van der Waals surface area contributed by atoms with Gasteiger partial charge < -0.3 is 15.2 Å². The molecule has 2 aromatic rings. The minimum absolute atomic E-state index is 0.0271. The lowest BCUT2D eigenvalue weighted by Crippen LogP contribution is -2.25. The van der Waals surface area contributed by atoms with Gasteiger partial charge in [-0.3, -0.25) is 4.68 Å². The Bertz CT molecular complexity index is 513. The first kappa shape index (κ1) is 14.6. The maximum atomic E-state index is 9.89. The number of nitrogens with zero attached hydrogens (tertiary/aromatic N) is 2. The molecule has 108 valence electrons. The number of hydrogen-bond acceptors (Lipinski definition) is 4. The van der Waals surface area contributed by atoms with Crippen molar-refractivity contribution in [3.8, 4) is 0 Å². The number of benzene rings is 1. The Morgan fingerprint density at radius 3 is 2.70 bits per heavy atom. The van der Waals surface area contributed by atoms with Crippen LogP contribution in [0.2, 0.25) is 0 Å². The average molecular weight is 275 g/mol. The summed E-state index contributed by atoms with van der Waals surface area (Å²) in [6.45, 7) is 2.68. The Morgan fingerprint density at radius 2 is 2.05 bits per heavy atom. The van der Waals surface area contributed by atoms with Gasteiger partial charge in [0.15, 0.2) is 0 Å². The Hall–Kier alpha value is -1.85. The molecule has 20 heavy (non-hydrogen) atoms. The Balaban J connectivity index is 1.71. The van der Waals surface area contributed by atoms with E-state index in [9.17, 15) is 5.11 Å². The minimum atomic E-state index is -0.567. The predicted octanol–water partition coefficient (Wildman–Crippen LogP) is 1.97. The van der Waals surface area contributed by atoms with E-state index in [1.54, 1.807) is 4.68 Å². The second kappa shape index (κ2) is 7.07. The van der Waals surface area contributed by atoms with E-state index in [4.69, 9.17) is 4.74 Å². The molecule has 2 atom stereocenters. The van der Waals surface area contributed by atoms with E-state index >= 15 is 0 Å². The third-order valence-electron chi connectivity index (χ3n) is 3.04. The van der Waals surface area contributed by atoms with Gasteiger partial charge in [0.25, 0.3) is 0 Å². The van der Waals surface area contributed by atoms with E-state index in [0.29, 0.717) is 6.54 Å². The highest BCUT2D eigenvalue weighted by molar-refractivity contribution is 5.32. The fraction of sp³-hybridized carbons (Fsp3) is 0.400. The molecule has 2 N–H and O–H groups in total. The van der Waals surface area contributed by atoms with Crippen molar-refractivity contribution in [2.75, 3.05) is 18.5 Å². The predicted molar refractivity (Wildman–Crippen MR) is 78.5 cm³/mol. The lowest BCUT2D eigenvalue weighted by molar-refractivity contribution is 0.00241. The van der Waals surface area contributed by atoms with Crippen molar-refractivity contribution in [1.29, 1.82) is 0 Å². The summed E-state index contributed by atoms with van der Waals surface area (Å²) in [4.78, 5) is 0. The van der Waals surface area contributed by atoms with Crippen molar-refractivity contribution < 1.29 is 9.84 Å². The van der Waals surface area contributed by atoms with E-state index in [1.165, 1.54) is 0 Å². The molecule has 0 amide bonds. The van der Waals surface area contributed by atoms with E-state index in [2.05, 4.69) is 10.4 Å². The molecule has 0 saturated heterocycles. The number of aromatic nitrogens is 2. The summed E-state index contributed by atoms with van der Waals surface area (Å²) >= 11 is 0. The van der Waals surface area contributed by atoms with Gasteiger partial charge in [0.05, 0.1) is 18.8 Å². The highest BCUT2D eigenvalue weighted by Gasteiger charge is 2.10. The van der Waals surface area contributed by atoms with Crippen LogP contribution in [-0.2, 0) is 11.8 Å². The normalized spacial score (nSPS) is 13.9. The first-order valence-electron chi connectivity index (χ1n) is 6.73. The molecule has 0 bridgehead atoms. The second-order valence-corrected chi connectivity index (χ2v) is 4.80. The molecule has 0 aliphatic heterocycles. The molecule has 0 radical (unpaired) electrons. The number of aliphatic hydroxyl groups is 1. The van der Waals surface area contributed by atoms with E-state index < -0.39 is 6.10 Å². The first-order valence-corrected chi connectivity index (χ1v) is 6.73. The van der Waals surface area contributed by atoms with Crippen LogP contribution in [0, 0.1) is 0 Å². The lowest BCUT2D eigenvalue weighted by Gasteiger charge is -2.17. The average Bonchev–Trinajstić information content (AvgIpc) is 2.89. The zero-order valence-corrected chi connectivity index (χ0v) is 11.9. The number of aliphatic hydroxyl groups excluding tert-OH is 1. The zero-order chi connectivity index (χ0) is 14.4. The monoisotopic (exact) mass is 275 g/mol. The summed E-state index contributed by atoms with van der Waals surface area (Å²) in [5.74, 6) is 0.752. The summed E-state index contributed by atoms with van der Waals surface area (Å²) < 4.78 is 7.38. The van der Waals surface area contributed by atoms with Gasteiger partial charge in [0.2, 0.25) is 0 Å². The third-order valence-corrected chi connectivity index (χ3v) is 3.04. The van der Waals surface area contributed by atoms with Crippen molar-refractivity contribution in [2.45, 2.75) is 19.1 Å². The van der Waals surface area contributed by atoms with Gasteiger partial charge in [0, 0.05) is 25.9 Å². The molecule has 5 nitrogen and oxygen atoms in total. The maximum absolute atomic E-state index is 9.89. The summed E-state index contributed by atoms with van der Waals surface area (Å²) in [5, 5.41) is 17.1. The van der Waals surface area contributed by atoms with Crippen molar-refractivity contribution in [3.63, 3.8) is 0 Å². The number of ether oxygens (including phenoxy) is 1. The number of aryl methyl sites for hydroxylation is 1. The van der Waals surface area contributed by atoms with Gasteiger partial charge in [-0.25, -0.2) is 0 Å². The fourth-order valence-electron chi connectivity index (χ4n) is 1.87. The van der Waals surface area contributed by atoms with Crippen LogP contribution in [-0.4, -0.2) is 34.1 Å². The molecule has 0 aliphatic carbocycles. The van der Waals surface area contributed by atoms with E-state index in [1.807, 2.05) is 56.6 Å². The summed E-state index contributed by atoms with van der Waals surface area (Å²) in [6.07, 6.45) is 1.26. The Kier molecular flexibility index (Phi) is 5.15. The molecule has 0 saturated carbocycles. The highest BCUT2D eigenvalue weighted by atomic mass is 16.5. The number of nitrogens with one attached hydrogen (secondary N) is 1. The summed E-state index contributed by atoms with van der Waals surface area (Å²) in [6, 6.07) is 11.8. The molecule has 5 heteroatoms. The SMILES string of the molecule is CC(OCC(O)CNc1ccn(C)n1)c1ccccc1. The van der Waals surface area contributed by atoms with Crippen LogP contribution >= 0.6 is 0 Å². The minimum Gasteiger partial charge on any atom is -0.389 e. The van der Waals surface area contributed by atoms with E-state index in [-0.39, 0.29) is 12.7 Å². The largest absolute Gasteiger partial charge is 0.389 e.